The van der Waals surface area contributed by atoms with Crippen molar-refractivity contribution in [1.29, 1.82) is 0 Å². The summed E-state index contributed by atoms with van der Waals surface area (Å²) in [6.45, 7) is 4.87. The molecule has 0 aromatic heterocycles. The van der Waals surface area contributed by atoms with Crippen molar-refractivity contribution in [2.45, 2.75) is 31.6 Å². The molecule has 0 aliphatic heterocycles. The van der Waals surface area contributed by atoms with Crippen LogP contribution in [0.3, 0.4) is 0 Å². The number of nitrogens with zero attached hydrogens (tertiary/aromatic N) is 2. The van der Waals surface area contributed by atoms with Gasteiger partial charge in [0.15, 0.2) is 0 Å². The summed E-state index contributed by atoms with van der Waals surface area (Å²) >= 11 is 0. The summed E-state index contributed by atoms with van der Waals surface area (Å²) in [5, 5.41) is 22.2. The molecule has 2 aromatic rings. The third kappa shape index (κ3) is 3.80. The number of hydrogen-bond donors (Lipinski definition) is 0. The van der Waals surface area contributed by atoms with Gasteiger partial charge in [-0.05, 0) is 24.5 Å². The number of nitro benzene ring substituents is 2. The molecule has 0 N–H and O–H groups in total. The summed E-state index contributed by atoms with van der Waals surface area (Å²) in [4.78, 5) is 19.9. The van der Waals surface area contributed by atoms with Crippen LogP contribution in [0, 0.1) is 27.2 Å². The highest BCUT2D eigenvalue weighted by Crippen LogP contribution is 2.34. The molecule has 0 saturated carbocycles. The third-order valence-electron chi connectivity index (χ3n) is 3.75. The summed E-state index contributed by atoms with van der Waals surface area (Å²) in [6.07, 6.45) is 0. The molecule has 0 heterocycles. The van der Waals surface area contributed by atoms with Gasteiger partial charge in [-0.15, -0.1) is 0 Å². The largest absolute Gasteiger partial charge is 0.379 e. The smallest absolute Gasteiger partial charge is 0.339 e. The maximum Gasteiger partial charge on any atom is 0.339 e. The summed E-state index contributed by atoms with van der Waals surface area (Å²) in [6, 6.07) is 7.96. The minimum Gasteiger partial charge on any atom is -0.379 e. The molecule has 0 spiro atoms. The Hall–Kier alpha value is -3.01. The Morgan fingerprint density at radius 1 is 1.00 bits per heavy atom. The van der Waals surface area contributed by atoms with Crippen LogP contribution in [-0.4, -0.2) is 18.3 Å². The molecule has 0 aliphatic rings. The molecule has 10 heteroatoms. The molecule has 2 rings (SSSR count). The molecule has 9 nitrogen and oxygen atoms in total. The van der Waals surface area contributed by atoms with E-state index in [0.717, 1.165) is 12.1 Å². The number of rotatable bonds is 6. The average molecular weight is 380 g/mol. The lowest BCUT2D eigenvalue weighted by Crippen LogP contribution is -2.12. The van der Waals surface area contributed by atoms with Crippen LogP contribution in [0.1, 0.15) is 30.9 Å². The first-order valence-electron chi connectivity index (χ1n) is 7.51. The first-order valence-corrected chi connectivity index (χ1v) is 8.92. The minimum atomic E-state index is -4.51. The van der Waals surface area contributed by atoms with E-state index in [9.17, 15) is 28.6 Å². The first kappa shape index (κ1) is 19.3. The van der Waals surface area contributed by atoms with E-state index in [0.29, 0.717) is 5.56 Å². The molecule has 138 valence electrons. The Labute approximate surface area is 149 Å². The van der Waals surface area contributed by atoms with E-state index >= 15 is 0 Å². The highest BCUT2D eigenvalue weighted by atomic mass is 32.2. The van der Waals surface area contributed by atoms with Gasteiger partial charge < -0.3 is 4.18 Å². The van der Waals surface area contributed by atoms with Crippen LogP contribution in [-0.2, 0) is 10.1 Å². The molecular formula is C16H16N2O7S. The zero-order valence-electron chi connectivity index (χ0n) is 14.2. The monoisotopic (exact) mass is 380 g/mol. The fourth-order valence-corrected chi connectivity index (χ4v) is 3.38. The molecule has 0 fully saturated rings. The quantitative estimate of drug-likeness (QED) is 0.424. The van der Waals surface area contributed by atoms with Crippen molar-refractivity contribution in [3.8, 4) is 5.75 Å². The zero-order valence-corrected chi connectivity index (χ0v) is 15.0. The van der Waals surface area contributed by atoms with Crippen LogP contribution in [0.25, 0.3) is 0 Å². The summed E-state index contributed by atoms with van der Waals surface area (Å²) in [5.41, 5.74) is -0.953. The molecule has 0 radical (unpaired) electrons. The number of nitro groups is 2. The average Bonchev–Trinajstić information content (AvgIpc) is 2.54. The highest BCUT2D eigenvalue weighted by molar-refractivity contribution is 7.87. The Kier molecular flexibility index (Phi) is 5.26. The van der Waals surface area contributed by atoms with Gasteiger partial charge in [-0.1, -0.05) is 32.0 Å². The van der Waals surface area contributed by atoms with Crippen LogP contribution in [0.15, 0.2) is 41.3 Å². The van der Waals surface area contributed by atoms with Gasteiger partial charge in [-0.2, -0.15) is 8.42 Å². The van der Waals surface area contributed by atoms with E-state index in [2.05, 4.69) is 0 Å². The second kappa shape index (κ2) is 7.08. The normalized spacial score (nSPS) is 11.4. The van der Waals surface area contributed by atoms with Crippen molar-refractivity contribution in [2.75, 3.05) is 0 Å². The Bertz CT molecular complexity index is 949. The minimum absolute atomic E-state index is 0.0388. The maximum absolute atomic E-state index is 12.6. The van der Waals surface area contributed by atoms with Gasteiger partial charge in [0, 0.05) is 12.1 Å². The molecule has 0 amide bonds. The lowest BCUT2D eigenvalue weighted by molar-refractivity contribution is -0.395. The van der Waals surface area contributed by atoms with Gasteiger partial charge in [0.25, 0.3) is 11.4 Å². The maximum atomic E-state index is 12.6. The predicted octanol–water partition coefficient (Wildman–Crippen LogP) is 3.70. The Morgan fingerprint density at radius 2 is 1.50 bits per heavy atom. The van der Waals surface area contributed by atoms with Crippen LogP contribution in [0.2, 0.25) is 0 Å². The van der Waals surface area contributed by atoms with Gasteiger partial charge >= 0.3 is 10.1 Å². The van der Waals surface area contributed by atoms with Crippen LogP contribution >= 0.6 is 0 Å². The fourth-order valence-electron chi connectivity index (χ4n) is 2.38. The second-order valence-electron chi connectivity index (χ2n) is 5.83. The van der Waals surface area contributed by atoms with Gasteiger partial charge in [-0.3, -0.25) is 20.2 Å². The molecule has 0 unspecified atom stereocenters. The number of benzene rings is 2. The van der Waals surface area contributed by atoms with E-state index in [-0.39, 0.29) is 17.2 Å². The summed E-state index contributed by atoms with van der Waals surface area (Å²) in [7, 11) is -4.51. The van der Waals surface area contributed by atoms with E-state index in [1.54, 1.807) is 18.2 Å². The van der Waals surface area contributed by atoms with E-state index in [1.807, 2.05) is 13.8 Å². The van der Waals surface area contributed by atoms with E-state index in [4.69, 9.17) is 4.18 Å². The van der Waals surface area contributed by atoms with Crippen LogP contribution in [0.4, 0.5) is 11.4 Å². The van der Waals surface area contributed by atoms with Crippen LogP contribution in [0.5, 0.6) is 5.75 Å². The molecule has 0 saturated heterocycles. The predicted molar refractivity (Wildman–Crippen MR) is 92.8 cm³/mol. The standard InChI is InChI=1S/C16H16N2O7S/c1-10(2)13-6-4-5-7-16(13)25-26(23,24)12-8-14(17(19)20)11(3)15(9-12)18(21)22/h4-10H,1-3H3. The molecular weight excluding hydrogens is 364 g/mol. The molecule has 26 heavy (non-hydrogen) atoms. The van der Waals surface area contributed by atoms with Crippen molar-refractivity contribution < 1.29 is 22.4 Å². The van der Waals surface area contributed by atoms with Crippen molar-refractivity contribution in [3.63, 3.8) is 0 Å². The molecule has 0 aliphatic carbocycles. The van der Waals surface area contributed by atoms with Crippen molar-refractivity contribution >= 4 is 21.5 Å². The van der Waals surface area contributed by atoms with Gasteiger partial charge in [0.05, 0.1) is 9.85 Å². The summed E-state index contributed by atoms with van der Waals surface area (Å²) < 4.78 is 30.3. The number of hydrogen-bond acceptors (Lipinski definition) is 7. The molecule has 0 bridgehead atoms. The van der Waals surface area contributed by atoms with E-state index in [1.165, 1.54) is 13.0 Å². The lowest BCUT2D eigenvalue weighted by Gasteiger charge is -2.13. The Balaban J connectivity index is 2.60. The fraction of sp³-hybridized carbons (Fsp3) is 0.250. The molecule has 2 aromatic carbocycles. The van der Waals surface area contributed by atoms with Gasteiger partial charge in [0.2, 0.25) is 0 Å². The van der Waals surface area contributed by atoms with Crippen LogP contribution < -0.4 is 4.18 Å². The van der Waals surface area contributed by atoms with E-state index < -0.39 is 36.2 Å². The lowest BCUT2D eigenvalue weighted by atomic mass is 10.0. The second-order valence-corrected chi connectivity index (χ2v) is 7.38. The first-order chi connectivity index (χ1) is 12.0. The van der Waals surface area contributed by atoms with Gasteiger partial charge in [0.1, 0.15) is 16.2 Å². The molecule has 0 atom stereocenters. The number of para-hydroxylation sites is 1. The zero-order chi connectivity index (χ0) is 19.6. The summed E-state index contributed by atoms with van der Waals surface area (Å²) in [5.74, 6) is 0.0245. The topological polar surface area (TPSA) is 130 Å². The van der Waals surface area contributed by atoms with Crippen molar-refractivity contribution in [1.82, 2.24) is 0 Å². The third-order valence-corrected chi connectivity index (χ3v) is 4.96. The van der Waals surface area contributed by atoms with Crippen molar-refractivity contribution in [2.24, 2.45) is 0 Å². The van der Waals surface area contributed by atoms with Crippen molar-refractivity contribution in [3.05, 3.63) is 67.8 Å². The van der Waals surface area contributed by atoms with Gasteiger partial charge in [-0.25, -0.2) is 0 Å². The Morgan fingerprint density at radius 3 is 1.96 bits per heavy atom. The SMILES string of the molecule is Cc1c([N+](=O)[O-])cc(S(=O)(=O)Oc2ccccc2C(C)C)cc1[N+](=O)[O-]. The highest BCUT2D eigenvalue weighted by Gasteiger charge is 2.29.